The molecule has 1 aromatic carbocycles. The van der Waals surface area contributed by atoms with Crippen molar-refractivity contribution < 1.29 is 17.6 Å². The summed E-state index contributed by atoms with van der Waals surface area (Å²) in [6.45, 7) is 0.123. The van der Waals surface area contributed by atoms with Crippen molar-refractivity contribution >= 4 is 32.2 Å². The van der Waals surface area contributed by atoms with E-state index < -0.39 is 25.7 Å². The molecule has 0 aliphatic heterocycles. The van der Waals surface area contributed by atoms with Crippen LogP contribution in [0, 0.1) is 10.1 Å². The number of nitrogens with two attached hydrogens (primary N) is 1. The van der Waals surface area contributed by atoms with Gasteiger partial charge in [-0.25, -0.2) is 13.1 Å². The molecule has 0 spiro atoms. The molecule has 1 unspecified atom stereocenters. The van der Waals surface area contributed by atoms with Gasteiger partial charge in [0.05, 0.1) is 10.6 Å². The maximum absolute atomic E-state index is 11.9. The molecule has 8 nitrogen and oxygen atoms in total. The van der Waals surface area contributed by atoms with Gasteiger partial charge in [0.2, 0.25) is 10.0 Å². The van der Waals surface area contributed by atoms with E-state index in [1.54, 1.807) is 0 Å². The van der Waals surface area contributed by atoms with Crippen LogP contribution in [-0.4, -0.2) is 36.1 Å². The predicted octanol–water partition coefficient (Wildman–Crippen LogP) is 0.224. The SMILES string of the molecule is CS(=O)CCCNS(=O)(=O)c1ccc([N+](=O)[O-])cc1N. The maximum Gasteiger partial charge on any atom is 0.271 e. The lowest BCUT2D eigenvalue weighted by Crippen LogP contribution is -2.26. The average Bonchev–Trinajstić information content (AvgIpc) is 2.34. The smallest absolute Gasteiger partial charge is 0.271 e. The summed E-state index contributed by atoms with van der Waals surface area (Å²) in [6, 6.07) is 3.16. The lowest BCUT2D eigenvalue weighted by Gasteiger charge is -2.08. The molecule has 0 aliphatic carbocycles. The third-order valence-corrected chi connectivity index (χ3v) is 4.79. The number of hydrogen-bond acceptors (Lipinski definition) is 6. The van der Waals surface area contributed by atoms with Crippen molar-refractivity contribution in [2.45, 2.75) is 11.3 Å². The molecule has 0 aliphatic rings. The normalized spacial score (nSPS) is 13.1. The Morgan fingerprint density at radius 1 is 1.45 bits per heavy atom. The summed E-state index contributed by atoms with van der Waals surface area (Å²) in [7, 11) is -4.81. The van der Waals surface area contributed by atoms with Gasteiger partial charge in [-0.15, -0.1) is 0 Å². The van der Waals surface area contributed by atoms with Crippen molar-refractivity contribution in [3.63, 3.8) is 0 Å². The highest BCUT2D eigenvalue weighted by atomic mass is 32.2. The first kappa shape index (κ1) is 16.5. The summed E-state index contributed by atoms with van der Waals surface area (Å²) in [5.74, 6) is 0.387. The van der Waals surface area contributed by atoms with Gasteiger partial charge in [0, 0.05) is 41.5 Å². The number of sulfonamides is 1. The molecular weight excluding hydrogens is 306 g/mol. The molecule has 1 aromatic rings. The highest BCUT2D eigenvalue weighted by Crippen LogP contribution is 2.23. The van der Waals surface area contributed by atoms with Gasteiger partial charge < -0.3 is 5.73 Å². The van der Waals surface area contributed by atoms with Crippen LogP contribution in [0.3, 0.4) is 0 Å². The molecule has 0 radical (unpaired) electrons. The topological polar surface area (TPSA) is 132 Å². The van der Waals surface area contributed by atoms with E-state index in [-0.39, 0.29) is 22.8 Å². The molecule has 0 bridgehead atoms. The van der Waals surface area contributed by atoms with Gasteiger partial charge >= 0.3 is 0 Å². The predicted molar refractivity (Wildman–Crippen MR) is 76.2 cm³/mol. The zero-order chi connectivity index (χ0) is 15.3. The molecule has 0 aromatic heterocycles. The molecule has 1 rings (SSSR count). The van der Waals surface area contributed by atoms with Gasteiger partial charge in [0.1, 0.15) is 4.90 Å². The van der Waals surface area contributed by atoms with E-state index in [1.807, 2.05) is 0 Å². The van der Waals surface area contributed by atoms with Crippen LogP contribution >= 0.6 is 0 Å². The summed E-state index contributed by atoms with van der Waals surface area (Å²) in [5.41, 5.74) is 5.06. The van der Waals surface area contributed by atoms with Crippen molar-refractivity contribution in [2.24, 2.45) is 0 Å². The average molecular weight is 321 g/mol. The molecular formula is C10H15N3O5S2. The van der Waals surface area contributed by atoms with Crippen molar-refractivity contribution in [1.82, 2.24) is 4.72 Å². The second-order valence-corrected chi connectivity index (χ2v) is 7.30. The molecule has 10 heteroatoms. The van der Waals surface area contributed by atoms with Crippen LogP contribution in [0.4, 0.5) is 11.4 Å². The fraction of sp³-hybridized carbons (Fsp3) is 0.400. The van der Waals surface area contributed by atoms with Crippen molar-refractivity contribution in [2.75, 3.05) is 24.3 Å². The lowest BCUT2D eigenvalue weighted by molar-refractivity contribution is -0.384. The molecule has 20 heavy (non-hydrogen) atoms. The third kappa shape index (κ3) is 4.54. The Hall–Kier alpha value is -1.52. The number of non-ortho nitro benzene ring substituents is 1. The third-order valence-electron chi connectivity index (χ3n) is 2.39. The molecule has 3 N–H and O–H groups in total. The van der Waals surface area contributed by atoms with Crippen molar-refractivity contribution in [1.29, 1.82) is 0 Å². The Balaban J connectivity index is 2.82. The maximum atomic E-state index is 11.9. The zero-order valence-electron chi connectivity index (χ0n) is 10.7. The first-order valence-corrected chi connectivity index (χ1v) is 8.78. The minimum atomic E-state index is -3.83. The van der Waals surface area contributed by atoms with Crippen LogP contribution in [0.2, 0.25) is 0 Å². The number of nitrogen functional groups attached to an aromatic ring is 1. The van der Waals surface area contributed by atoms with Gasteiger partial charge in [0.15, 0.2) is 0 Å². The Labute approximate surface area is 119 Å². The highest BCUT2D eigenvalue weighted by Gasteiger charge is 2.19. The van der Waals surface area contributed by atoms with Crippen LogP contribution in [0.1, 0.15) is 6.42 Å². The van der Waals surface area contributed by atoms with Crippen molar-refractivity contribution in [3.8, 4) is 0 Å². The fourth-order valence-electron chi connectivity index (χ4n) is 1.45. The monoisotopic (exact) mass is 321 g/mol. The summed E-state index contributed by atoms with van der Waals surface area (Å²) < 4.78 is 37.0. The molecule has 0 amide bonds. The number of nitro benzene ring substituents is 1. The number of anilines is 1. The standard InChI is InChI=1S/C10H15N3O5S2/c1-19(16)6-2-5-12-20(17,18)10-4-3-8(13(14)15)7-9(10)11/h3-4,7,12H,2,5-6,11H2,1H3. The van der Waals surface area contributed by atoms with Crippen LogP contribution in [-0.2, 0) is 20.8 Å². The fourth-order valence-corrected chi connectivity index (χ4v) is 3.19. The Kier molecular flexibility index (Phi) is 5.60. The van der Waals surface area contributed by atoms with Crippen LogP contribution in [0.5, 0.6) is 0 Å². The number of nitrogens with zero attached hydrogens (tertiary/aromatic N) is 1. The Morgan fingerprint density at radius 2 is 2.10 bits per heavy atom. The van der Waals surface area contributed by atoms with E-state index in [1.165, 1.54) is 6.26 Å². The first-order chi connectivity index (χ1) is 9.24. The molecule has 1 atom stereocenters. The first-order valence-electron chi connectivity index (χ1n) is 5.57. The number of hydrogen-bond donors (Lipinski definition) is 2. The number of nitrogens with one attached hydrogen (secondary N) is 1. The van der Waals surface area contributed by atoms with E-state index in [2.05, 4.69) is 4.72 Å². The second kappa shape index (κ2) is 6.77. The summed E-state index contributed by atoms with van der Waals surface area (Å²) >= 11 is 0. The zero-order valence-corrected chi connectivity index (χ0v) is 12.4. The quantitative estimate of drug-likeness (QED) is 0.319. The second-order valence-electron chi connectivity index (χ2n) is 4.01. The van der Waals surface area contributed by atoms with Gasteiger partial charge in [0.25, 0.3) is 5.69 Å². The molecule has 112 valence electrons. The van der Waals surface area contributed by atoms with E-state index >= 15 is 0 Å². The van der Waals surface area contributed by atoms with Crippen LogP contribution < -0.4 is 10.5 Å². The van der Waals surface area contributed by atoms with E-state index in [0.29, 0.717) is 12.2 Å². The Bertz CT molecular complexity index is 630. The number of nitro groups is 1. The minimum absolute atomic E-state index is 0.123. The van der Waals surface area contributed by atoms with Gasteiger partial charge in [-0.1, -0.05) is 0 Å². The molecule has 0 heterocycles. The van der Waals surface area contributed by atoms with E-state index in [0.717, 1.165) is 18.2 Å². The van der Waals surface area contributed by atoms with Crippen LogP contribution in [0.15, 0.2) is 23.1 Å². The summed E-state index contributed by atoms with van der Waals surface area (Å²) in [5, 5.41) is 10.5. The van der Waals surface area contributed by atoms with E-state index in [4.69, 9.17) is 5.73 Å². The van der Waals surface area contributed by atoms with Gasteiger partial charge in [-0.05, 0) is 12.5 Å². The van der Waals surface area contributed by atoms with E-state index in [9.17, 15) is 22.7 Å². The number of benzene rings is 1. The van der Waals surface area contributed by atoms with Gasteiger partial charge in [-0.2, -0.15) is 0 Å². The summed E-state index contributed by atoms with van der Waals surface area (Å²) in [6.07, 6.45) is 1.96. The Morgan fingerprint density at radius 3 is 2.60 bits per heavy atom. The largest absolute Gasteiger partial charge is 0.397 e. The van der Waals surface area contributed by atoms with Gasteiger partial charge in [-0.3, -0.25) is 14.3 Å². The molecule has 0 saturated heterocycles. The highest BCUT2D eigenvalue weighted by molar-refractivity contribution is 7.89. The molecule has 0 saturated carbocycles. The van der Waals surface area contributed by atoms with Crippen molar-refractivity contribution in [3.05, 3.63) is 28.3 Å². The lowest BCUT2D eigenvalue weighted by atomic mass is 10.3. The minimum Gasteiger partial charge on any atom is -0.397 e. The molecule has 0 fully saturated rings. The van der Waals surface area contributed by atoms with Crippen LogP contribution in [0.25, 0.3) is 0 Å². The number of rotatable bonds is 7. The summed E-state index contributed by atoms with van der Waals surface area (Å²) in [4.78, 5) is 9.68.